The highest BCUT2D eigenvalue weighted by molar-refractivity contribution is 5.94. The Labute approximate surface area is 131 Å². The van der Waals surface area contributed by atoms with E-state index < -0.39 is 0 Å². The minimum absolute atomic E-state index is 0.0662. The third kappa shape index (κ3) is 3.94. The molecule has 3 heteroatoms. The number of hydrogen-bond donors (Lipinski definition) is 1. The molecule has 2 rings (SSSR count). The second kappa shape index (κ2) is 7.21. The molecule has 22 heavy (non-hydrogen) atoms. The molecule has 0 unspecified atom stereocenters. The van der Waals surface area contributed by atoms with Gasteiger partial charge < -0.3 is 5.32 Å². The summed E-state index contributed by atoms with van der Waals surface area (Å²) in [7, 11) is 0. The van der Waals surface area contributed by atoms with Crippen molar-refractivity contribution in [2.45, 2.75) is 33.2 Å². The minimum atomic E-state index is -0.341. The Kier molecular flexibility index (Phi) is 5.31. The topological polar surface area (TPSA) is 29.1 Å². The van der Waals surface area contributed by atoms with Gasteiger partial charge in [-0.15, -0.1) is 0 Å². The van der Waals surface area contributed by atoms with Gasteiger partial charge in [-0.1, -0.05) is 45.0 Å². The Hall–Kier alpha value is -2.16. The number of nitrogens with one attached hydrogen (secondary N) is 1. The summed E-state index contributed by atoms with van der Waals surface area (Å²) in [6.45, 7) is 6.26. The molecular weight excluding hydrogens is 277 g/mol. The third-order valence-corrected chi connectivity index (χ3v) is 3.81. The van der Waals surface area contributed by atoms with Crippen molar-refractivity contribution in [3.8, 4) is 0 Å². The van der Waals surface area contributed by atoms with E-state index in [2.05, 4.69) is 50.4 Å². The van der Waals surface area contributed by atoms with Crippen molar-refractivity contribution in [3.63, 3.8) is 0 Å². The van der Waals surface area contributed by atoms with Crippen LogP contribution in [0, 0.1) is 11.7 Å². The van der Waals surface area contributed by atoms with E-state index in [1.165, 1.54) is 29.8 Å². The molecule has 0 saturated heterocycles. The van der Waals surface area contributed by atoms with E-state index in [9.17, 15) is 9.18 Å². The van der Waals surface area contributed by atoms with Gasteiger partial charge in [0.15, 0.2) is 0 Å². The number of benzene rings is 2. The molecule has 1 N–H and O–H groups in total. The van der Waals surface area contributed by atoms with E-state index in [1.807, 2.05) is 0 Å². The monoisotopic (exact) mass is 299 g/mol. The van der Waals surface area contributed by atoms with Crippen LogP contribution in [0.4, 0.5) is 4.39 Å². The Bertz CT molecular complexity index is 617. The minimum Gasteiger partial charge on any atom is -0.345 e. The van der Waals surface area contributed by atoms with Crippen molar-refractivity contribution >= 4 is 5.91 Å². The van der Waals surface area contributed by atoms with Gasteiger partial charge >= 0.3 is 0 Å². The molecule has 0 bridgehead atoms. The molecule has 0 spiro atoms. The molecule has 0 aliphatic carbocycles. The van der Waals surface area contributed by atoms with Crippen LogP contribution in [0.3, 0.4) is 0 Å². The van der Waals surface area contributed by atoms with Crippen LogP contribution in [-0.2, 0) is 6.42 Å². The van der Waals surface area contributed by atoms with Gasteiger partial charge in [-0.05, 0) is 47.7 Å². The summed E-state index contributed by atoms with van der Waals surface area (Å²) < 4.78 is 12.9. The standard InChI is InChI=1S/C19H22FNO/c1-4-14-5-7-15(8-6-14)18(13(2)3)21-19(22)16-9-11-17(20)12-10-16/h5-13,18H,4H2,1-3H3,(H,21,22)/t18-/m1/s1. The summed E-state index contributed by atoms with van der Waals surface area (Å²) in [6.07, 6.45) is 0.995. The molecule has 0 radical (unpaired) electrons. The quantitative estimate of drug-likeness (QED) is 0.864. The summed E-state index contributed by atoms with van der Waals surface area (Å²) in [5.74, 6) is -0.262. The van der Waals surface area contributed by atoms with Gasteiger partial charge in [0.1, 0.15) is 5.82 Å². The maximum atomic E-state index is 12.9. The molecule has 0 aliphatic rings. The Morgan fingerprint density at radius 2 is 1.64 bits per heavy atom. The van der Waals surface area contributed by atoms with Gasteiger partial charge in [-0.25, -0.2) is 4.39 Å². The molecule has 0 fully saturated rings. The van der Waals surface area contributed by atoms with E-state index in [0.29, 0.717) is 5.56 Å². The average molecular weight is 299 g/mol. The lowest BCUT2D eigenvalue weighted by Gasteiger charge is -2.23. The Morgan fingerprint density at radius 3 is 2.14 bits per heavy atom. The zero-order chi connectivity index (χ0) is 16.1. The highest BCUT2D eigenvalue weighted by atomic mass is 19.1. The summed E-state index contributed by atoms with van der Waals surface area (Å²) in [5, 5.41) is 3.04. The molecule has 2 aromatic carbocycles. The SMILES string of the molecule is CCc1ccc([C@H](NC(=O)c2ccc(F)cc2)C(C)C)cc1. The third-order valence-electron chi connectivity index (χ3n) is 3.81. The van der Waals surface area contributed by atoms with Gasteiger partial charge in [0.05, 0.1) is 6.04 Å². The van der Waals surface area contributed by atoms with Crippen LogP contribution in [0.5, 0.6) is 0 Å². The van der Waals surface area contributed by atoms with Crippen molar-refractivity contribution in [1.82, 2.24) is 5.32 Å². The molecule has 1 amide bonds. The molecule has 0 aliphatic heterocycles. The smallest absolute Gasteiger partial charge is 0.251 e. The highest BCUT2D eigenvalue weighted by Gasteiger charge is 2.19. The summed E-state index contributed by atoms with van der Waals surface area (Å²) in [4.78, 5) is 12.3. The van der Waals surface area contributed by atoms with E-state index in [4.69, 9.17) is 0 Å². The number of carbonyl (C=O) groups is 1. The lowest BCUT2D eigenvalue weighted by Crippen LogP contribution is -2.31. The fraction of sp³-hybridized carbons (Fsp3) is 0.316. The van der Waals surface area contributed by atoms with E-state index in [1.54, 1.807) is 0 Å². The summed E-state index contributed by atoms with van der Waals surface area (Å²) >= 11 is 0. The zero-order valence-electron chi connectivity index (χ0n) is 13.3. The zero-order valence-corrected chi connectivity index (χ0v) is 13.3. The van der Waals surface area contributed by atoms with Crippen LogP contribution >= 0.6 is 0 Å². The van der Waals surface area contributed by atoms with Gasteiger partial charge in [0, 0.05) is 5.56 Å². The fourth-order valence-corrected chi connectivity index (χ4v) is 2.42. The number of aryl methyl sites for hydroxylation is 1. The lowest BCUT2D eigenvalue weighted by atomic mass is 9.94. The lowest BCUT2D eigenvalue weighted by molar-refractivity contribution is 0.0925. The number of amides is 1. The number of halogens is 1. The molecule has 116 valence electrons. The second-order valence-corrected chi connectivity index (χ2v) is 5.80. The first-order valence-corrected chi connectivity index (χ1v) is 7.66. The van der Waals surface area contributed by atoms with Crippen LogP contribution in [0.2, 0.25) is 0 Å². The van der Waals surface area contributed by atoms with E-state index in [0.717, 1.165) is 12.0 Å². The number of hydrogen-bond acceptors (Lipinski definition) is 1. The fourth-order valence-electron chi connectivity index (χ4n) is 2.42. The second-order valence-electron chi connectivity index (χ2n) is 5.80. The average Bonchev–Trinajstić information content (AvgIpc) is 2.53. The molecule has 2 nitrogen and oxygen atoms in total. The normalized spacial score (nSPS) is 12.2. The Morgan fingerprint density at radius 1 is 1.05 bits per heavy atom. The molecule has 0 aromatic heterocycles. The molecule has 2 aromatic rings. The van der Waals surface area contributed by atoms with Crippen molar-refractivity contribution in [3.05, 3.63) is 71.0 Å². The van der Waals surface area contributed by atoms with E-state index >= 15 is 0 Å². The summed E-state index contributed by atoms with van der Waals surface area (Å²) in [5.41, 5.74) is 2.83. The highest BCUT2D eigenvalue weighted by Crippen LogP contribution is 2.23. The summed E-state index contributed by atoms with van der Waals surface area (Å²) in [6, 6.07) is 13.9. The van der Waals surface area contributed by atoms with Crippen LogP contribution in [-0.4, -0.2) is 5.91 Å². The van der Waals surface area contributed by atoms with Crippen LogP contribution in [0.15, 0.2) is 48.5 Å². The van der Waals surface area contributed by atoms with E-state index in [-0.39, 0.29) is 23.7 Å². The van der Waals surface area contributed by atoms with Crippen LogP contribution in [0.25, 0.3) is 0 Å². The van der Waals surface area contributed by atoms with Gasteiger partial charge in [0.2, 0.25) is 0 Å². The molecular formula is C19H22FNO. The predicted octanol–water partition coefficient (Wildman–Crippen LogP) is 4.52. The first kappa shape index (κ1) is 16.2. The predicted molar refractivity (Wildman–Crippen MR) is 87.3 cm³/mol. The molecule has 0 heterocycles. The maximum absolute atomic E-state index is 12.9. The van der Waals surface area contributed by atoms with Crippen LogP contribution in [0.1, 0.15) is 48.3 Å². The van der Waals surface area contributed by atoms with Crippen LogP contribution < -0.4 is 5.32 Å². The first-order valence-electron chi connectivity index (χ1n) is 7.66. The molecule has 0 saturated carbocycles. The van der Waals surface area contributed by atoms with Gasteiger partial charge in [-0.3, -0.25) is 4.79 Å². The number of rotatable bonds is 5. The Balaban J connectivity index is 2.17. The van der Waals surface area contributed by atoms with Crippen molar-refractivity contribution in [2.75, 3.05) is 0 Å². The van der Waals surface area contributed by atoms with Crippen molar-refractivity contribution in [2.24, 2.45) is 5.92 Å². The molecule has 1 atom stereocenters. The van der Waals surface area contributed by atoms with Gasteiger partial charge in [0.25, 0.3) is 5.91 Å². The van der Waals surface area contributed by atoms with Gasteiger partial charge in [-0.2, -0.15) is 0 Å². The number of carbonyl (C=O) groups excluding carboxylic acids is 1. The first-order chi connectivity index (χ1) is 10.5. The largest absolute Gasteiger partial charge is 0.345 e. The van der Waals surface area contributed by atoms with Crippen molar-refractivity contribution in [1.29, 1.82) is 0 Å². The van der Waals surface area contributed by atoms with Crippen molar-refractivity contribution < 1.29 is 9.18 Å². The maximum Gasteiger partial charge on any atom is 0.251 e.